The molecule has 0 N–H and O–H groups in total. The molecule has 1 aromatic heterocycles. The Labute approximate surface area is 282 Å². The molecule has 0 bridgehead atoms. The van der Waals surface area contributed by atoms with E-state index in [-0.39, 0.29) is 0 Å². The second-order valence-corrected chi connectivity index (χ2v) is 13.2. The van der Waals surface area contributed by atoms with Crippen molar-refractivity contribution in [2.75, 3.05) is 4.90 Å². The van der Waals surface area contributed by atoms with Crippen molar-refractivity contribution in [3.63, 3.8) is 0 Å². The third kappa shape index (κ3) is 4.96. The van der Waals surface area contributed by atoms with E-state index in [1.807, 2.05) is 0 Å². The summed E-state index contributed by atoms with van der Waals surface area (Å²) < 4.78 is 2.65. The van der Waals surface area contributed by atoms with Crippen LogP contribution in [0.25, 0.3) is 54.8 Å². The summed E-state index contributed by atoms with van der Waals surface area (Å²) in [6.07, 6.45) is 6.56. The maximum atomic E-state index is 2.65. The Kier molecular flexibility index (Phi) is 7.28. The molecule has 0 atom stereocenters. The van der Waals surface area contributed by atoms with Gasteiger partial charge in [0, 0.05) is 44.6 Å². The summed E-state index contributed by atoms with van der Waals surface area (Å²) in [5, 5.41) is 5.20. The Balaban J connectivity index is 1.18. The largest absolute Gasteiger partial charge is 0.337 e. The third-order valence-electron chi connectivity index (χ3n) is 10.3. The number of benzene rings is 7. The number of hydrogen-bond acceptors (Lipinski definition) is 1. The van der Waals surface area contributed by atoms with Crippen molar-refractivity contribution < 1.29 is 0 Å². The lowest BCUT2D eigenvalue weighted by atomic mass is 9.94. The number of hydrogen-bond donors (Lipinski definition) is 0. The average Bonchev–Trinajstić information content (AvgIpc) is 3.50. The smallest absolute Gasteiger partial charge is 0.0540 e. The minimum absolute atomic E-state index is 0.581. The number of anilines is 3. The molecule has 0 spiro atoms. The van der Waals surface area contributed by atoms with Crippen molar-refractivity contribution in [2.45, 2.75) is 38.1 Å². The summed E-state index contributed by atoms with van der Waals surface area (Å²) in [4.78, 5) is 2.39. The van der Waals surface area contributed by atoms with Crippen LogP contribution in [-0.2, 0) is 0 Å². The van der Waals surface area contributed by atoms with Crippen molar-refractivity contribution in [1.29, 1.82) is 0 Å². The Morgan fingerprint density at radius 3 is 1.83 bits per heavy atom. The van der Waals surface area contributed by atoms with Gasteiger partial charge in [-0.15, -0.1) is 0 Å². The highest BCUT2D eigenvalue weighted by Crippen LogP contribution is 2.43. The van der Waals surface area contributed by atoms with Gasteiger partial charge in [-0.2, -0.15) is 0 Å². The van der Waals surface area contributed by atoms with Crippen molar-refractivity contribution >= 4 is 49.6 Å². The van der Waals surface area contributed by atoms with Gasteiger partial charge in [0.05, 0.1) is 5.69 Å². The van der Waals surface area contributed by atoms with E-state index in [1.54, 1.807) is 0 Å². The summed E-state index contributed by atoms with van der Waals surface area (Å²) in [5.74, 6) is 0. The van der Waals surface area contributed by atoms with E-state index in [9.17, 15) is 0 Å². The predicted octanol–water partition coefficient (Wildman–Crippen LogP) is 13.3. The molecule has 9 rings (SSSR count). The van der Waals surface area contributed by atoms with E-state index in [2.05, 4.69) is 173 Å². The van der Waals surface area contributed by atoms with Crippen LogP contribution in [0.5, 0.6) is 0 Å². The van der Waals surface area contributed by atoms with Gasteiger partial charge < -0.3 is 9.47 Å². The third-order valence-corrected chi connectivity index (χ3v) is 10.3. The maximum Gasteiger partial charge on any atom is 0.0540 e. The number of rotatable bonds is 6. The average molecular weight is 619 g/mol. The minimum Gasteiger partial charge on any atom is -0.337 e. The van der Waals surface area contributed by atoms with Gasteiger partial charge in [-0.1, -0.05) is 135 Å². The molecule has 1 aliphatic rings. The fourth-order valence-corrected chi connectivity index (χ4v) is 8.08. The highest BCUT2D eigenvalue weighted by molar-refractivity contribution is 6.11. The highest BCUT2D eigenvalue weighted by Gasteiger charge is 2.22. The van der Waals surface area contributed by atoms with Gasteiger partial charge in [0.15, 0.2) is 0 Å². The molecule has 0 unspecified atom stereocenters. The van der Waals surface area contributed by atoms with Gasteiger partial charge >= 0.3 is 0 Å². The normalized spacial score (nSPS) is 13.8. The van der Waals surface area contributed by atoms with E-state index in [4.69, 9.17) is 0 Å². The summed E-state index contributed by atoms with van der Waals surface area (Å²) >= 11 is 0. The summed E-state index contributed by atoms with van der Waals surface area (Å²) in [5.41, 5.74) is 11.1. The molecule has 2 nitrogen and oxygen atoms in total. The molecule has 0 radical (unpaired) electrons. The summed E-state index contributed by atoms with van der Waals surface area (Å²) in [6, 6.07) is 60.6. The molecular formula is C46H38N2. The maximum absolute atomic E-state index is 2.65. The van der Waals surface area contributed by atoms with Crippen LogP contribution in [0.1, 0.15) is 38.1 Å². The first-order chi connectivity index (χ1) is 23.8. The van der Waals surface area contributed by atoms with Crippen molar-refractivity contribution in [3.8, 4) is 22.3 Å². The molecule has 48 heavy (non-hydrogen) atoms. The van der Waals surface area contributed by atoms with E-state index in [0.717, 1.165) is 11.4 Å². The van der Waals surface area contributed by atoms with Gasteiger partial charge in [-0.3, -0.25) is 0 Å². The molecule has 0 saturated heterocycles. The van der Waals surface area contributed by atoms with Crippen molar-refractivity contribution in [2.24, 2.45) is 0 Å². The summed E-state index contributed by atoms with van der Waals surface area (Å²) in [6.45, 7) is 0. The zero-order valence-corrected chi connectivity index (χ0v) is 27.1. The molecule has 7 aromatic carbocycles. The predicted molar refractivity (Wildman–Crippen MR) is 205 cm³/mol. The van der Waals surface area contributed by atoms with E-state index in [0.29, 0.717) is 6.04 Å². The second-order valence-electron chi connectivity index (χ2n) is 13.2. The SMILES string of the molecule is c1ccc(-c2ccc(N(c3ccccc3)c3cccc4c(-c5ccc6c(c5)c5ccccc5n6C5CCCCC5)cccc34)cc2)cc1. The van der Waals surface area contributed by atoms with Crippen LogP contribution in [0.3, 0.4) is 0 Å². The molecule has 232 valence electrons. The molecule has 8 aromatic rings. The number of aromatic nitrogens is 1. The first-order valence-corrected chi connectivity index (χ1v) is 17.4. The van der Waals surface area contributed by atoms with E-state index in [1.165, 1.54) is 92.6 Å². The van der Waals surface area contributed by atoms with Crippen molar-refractivity contribution in [1.82, 2.24) is 4.57 Å². The Morgan fingerprint density at radius 1 is 0.417 bits per heavy atom. The molecule has 1 saturated carbocycles. The zero-order chi connectivity index (χ0) is 31.9. The minimum atomic E-state index is 0.581. The van der Waals surface area contributed by atoms with Crippen LogP contribution in [0, 0.1) is 0 Å². The van der Waals surface area contributed by atoms with Crippen molar-refractivity contribution in [3.05, 3.63) is 164 Å². The van der Waals surface area contributed by atoms with E-state index < -0.39 is 0 Å². The Morgan fingerprint density at radius 2 is 1.02 bits per heavy atom. The lowest BCUT2D eigenvalue weighted by molar-refractivity contribution is 0.367. The fraction of sp³-hybridized carbons (Fsp3) is 0.130. The second kappa shape index (κ2) is 12.2. The topological polar surface area (TPSA) is 8.17 Å². The van der Waals surface area contributed by atoms with Gasteiger partial charge in [0.25, 0.3) is 0 Å². The lowest BCUT2D eigenvalue weighted by Gasteiger charge is -2.27. The van der Waals surface area contributed by atoms with E-state index >= 15 is 0 Å². The quantitative estimate of drug-likeness (QED) is 0.180. The Bertz CT molecular complexity index is 2360. The molecular weight excluding hydrogens is 581 g/mol. The summed E-state index contributed by atoms with van der Waals surface area (Å²) in [7, 11) is 0. The Hall–Kier alpha value is -5.60. The number of para-hydroxylation sites is 2. The fourth-order valence-electron chi connectivity index (χ4n) is 8.08. The van der Waals surface area contributed by atoms with Crippen LogP contribution in [0.2, 0.25) is 0 Å². The number of fused-ring (bicyclic) bond motifs is 4. The van der Waals surface area contributed by atoms with Crippen LogP contribution >= 0.6 is 0 Å². The monoisotopic (exact) mass is 618 g/mol. The van der Waals surface area contributed by atoms with Crippen LogP contribution in [0.15, 0.2) is 164 Å². The van der Waals surface area contributed by atoms with Crippen LogP contribution in [0.4, 0.5) is 17.1 Å². The first-order valence-electron chi connectivity index (χ1n) is 17.4. The van der Waals surface area contributed by atoms with Crippen LogP contribution in [-0.4, -0.2) is 4.57 Å². The standard InChI is InChI=1S/C46H38N2/c1-4-14-33(15-5-1)34-26-29-38(30-27-34)47(36-16-6-2-7-17-36)44-25-13-22-40-39(21-12-23-41(40)44)35-28-31-46-43(32-35)42-20-10-11-24-45(42)48(46)37-18-8-3-9-19-37/h1-2,4-7,10-17,20-32,37H,3,8-9,18-19H2. The molecule has 0 amide bonds. The molecule has 1 aliphatic carbocycles. The lowest BCUT2D eigenvalue weighted by Crippen LogP contribution is -2.12. The van der Waals surface area contributed by atoms with Gasteiger partial charge in [-0.25, -0.2) is 0 Å². The van der Waals surface area contributed by atoms with Gasteiger partial charge in [-0.05, 0) is 89.0 Å². The van der Waals surface area contributed by atoms with Crippen LogP contribution < -0.4 is 4.90 Å². The molecule has 1 heterocycles. The van der Waals surface area contributed by atoms with Gasteiger partial charge in [0.1, 0.15) is 0 Å². The molecule has 1 fully saturated rings. The zero-order valence-electron chi connectivity index (χ0n) is 27.1. The molecule has 0 aliphatic heterocycles. The molecule has 2 heteroatoms. The highest BCUT2D eigenvalue weighted by atomic mass is 15.1. The number of nitrogens with zero attached hydrogens (tertiary/aromatic N) is 2. The van der Waals surface area contributed by atoms with Gasteiger partial charge in [0.2, 0.25) is 0 Å². The first kappa shape index (κ1) is 28.6.